The first kappa shape index (κ1) is 14.2. The maximum atomic E-state index is 11.4. The van der Waals surface area contributed by atoms with Crippen LogP contribution < -0.4 is 0 Å². The Labute approximate surface area is 97.5 Å². The molecular weight excluding hydrogens is 266 g/mol. The van der Waals surface area contributed by atoms with E-state index in [1.54, 1.807) is 20.8 Å². The summed E-state index contributed by atoms with van der Waals surface area (Å²) in [7, 11) is 0. The van der Waals surface area contributed by atoms with E-state index in [2.05, 4.69) is 15.9 Å². The molecule has 0 aromatic heterocycles. The van der Waals surface area contributed by atoms with Crippen molar-refractivity contribution in [3.05, 3.63) is 0 Å². The van der Waals surface area contributed by atoms with Crippen molar-refractivity contribution in [1.82, 2.24) is 4.90 Å². The number of carbonyl (C=O) groups excluding carboxylic acids is 1. The van der Waals surface area contributed by atoms with Gasteiger partial charge in [-0.2, -0.15) is 0 Å². The van der Waals surface area contributed by atoms with E-state index in [4.69, 9.17) is 9.84 Å². The molecule has 1 N–H and O–H groups in total. The number of rotatable bonds is 3. The van der Waals surface area contributed by atoms with Crippen LogP contribution >= 0.6 is 15.9 Å². The van der Waals surface area contributed by atoms with Crippen molar-refractivity contribution in [3.63, 3.8) is 0 Å². The van der Waals surface area contributed by atoms with Crippen LogP contribution in [0.5, 0.6) is 0 Å². The summed E-state index contributed by atoms with van der Waals surface area (Å²) in [4.78, 5) is 22.8. The Bertz CT molecular complexity index is 237. The van der Waals surface area contributed by atoms with Crippen LogP contribution in [0.15, 0.2) is 0 Å². The number of hydrogen-bond acceptors (Lipinski definition) is 3. The van der Waals surface area contributed by atoms with Crippen LogP contribution in [0.25, 0.3) is 0 Å². The molecule has 0 saturated heterocycles. The number of carbonyl (C=O) groups is 2. The smallest absolute Gasteiger partial charge is 0.419 e. The fourth-order valence-corrected chi connectivity index (χ4v) is 1.05. The van der Waals surface area contributed by atoms with Gasteiger partial charge in [0.05, 0.1) is 0 Å². The maximum absolute atomic E-state index is 11.4. The Morgan fingerprint density at radius 1 is 1.40 bits per heavy atom. The second-order valence-electron chi connectivity index (χ2n) is 3.96. The summed E-state index contributed by atoms with van der Waals surface area (Å²) in [5, 5.41) is 9.42. The van der Waals surface area contributed by atoms with Crippen molar-refractivity contribution in [2.75, 3.05) is 11.9 Å². The van der Waals surface area contributed by atoms with E-state index in [9.17, 15) is 9.59 Å². The van der Waals surface area contributed by atoms with Gasteiger partial charge in [-0.15, -0.1) is 0 Å². The normalized spacial score (nSPS) is 10.9. The van der Waals surface area contributed by atoms with Crippen LogP contribution in [0.4, 0.5) is 9.59 Å². The summed E-state index contributed by atoms with van der Waals surface area (Å²) in [6.07, 6.45) is -1.55. The molecule has 0 aromatic rings. The lowest BCUT2D eigenvalue weighted by Gasteiger charge is -2.24. The number of hydrogen-bond donors (Lipinski definition) is 1. The number of amides is 2. The lowest BCUT2D eigenvalue weighted by molar-refractivity contribution is 0.0271. The van der Waals surface area contributed by atoms with Gasteiger partial charge in [0.1, 0.15) is 5.60 Å². The Hall–Kier alpha value is -0.780. The van der Waals surface area contributed by atoms with Gasteiger partial charge in [-0.3, -0.25) is 0 Å². The molecular formula is C9H16BrNO4. The minimum Gasteiger partial charge on any atom is -0.465 e. The molecule has 0 atom stereocenters. The monoisotopic (exact) mass is 281 g/mol. The van der Waals surface area contributed by atoms with Gasteiger partial charge in [0.25, 0.3) is 0 Å². The fourth-order valence-electron chi connectivity index (χ4n) is 0.800. The van der Waals surface area contributed by atoms with E-state index >= 15 is 0 Å². The largest absolute Gasteiger partial charge is 0.465 e. The molecule has 0 radical (unpaired) electrons. The quantitative estimate of drug-likeness (QED) is 0.808. The zero-order valence-corrected chi connectivity index (χ0v) is 10.7. The molecule has 0 aromatic carbocycles. The number of ether oxygens (including phenoxy) is 1. The van der Waals surface area contributed by atoms with Crippen LogP contribution in [-0.4, -0.2) is 39.7 Å². The second-order valence-corrected chi connectivity index (χ2v) is 4.75. The third-order valence-electron chi connectivity index (χ3n) is 1.36. The highest BCUT2D eigenvalue weighted by Crippen LogP contribution is 2.10. The van der Waals surface area contributed by atoms with Crippen molar-refractivity contribution >= 4 is 28.1 Å². The predicted octanol–water partition coefficient (Wildman–Crippen LogP) is 2.69. The van der Waals surface area contributed by atoms with E-state index in [1.807, 2.05) is 0 Å². The summed E-state index contributed by atoms with van der Waals surface area (Å²) < 4.78 is 4.95. The average molecular weight is 282 g/mol. The van der Waals surface area contributed by atoms with Gasteiger partial charge in [-0.05, 0) is 27.2 Å². The van der Waals surface area contributed by atoms with Crippen LogP contribution in [0, 0.1) is 0 Å². The van der Waals surface area contributed by atoms with Gasteiger partial charge in [-0.25, -0.2) is 14.5 Å². The maximum Gasteiger partial charge on any atom is 0.419 e. The highest BCUT2D eigenvalue weighted by Gasteiger charge is 2.26. The van der Waals surface area contributed by atoms with Gasteiger partial charge in [0.2, 0.25) is 0 Å². The lowest BCUT2D eigenvalue weighted by Crippen LogP contribution is -2.40. The zero-order valence-electron chi connectivity index (χ0n) is 9.12. The standard InChI is InChI=1S/C9H16BrNO4/c1-9(2,3)15-8(14)11(7(12)13)6-4-5-10/h4-6H2,1-3H3,(H,12,13). The van der Waals surface area contributed by atoms with Crippen LogP contribution in [-0.2, 0) is 4.74 Å². The molecule has 0 aliphatic carbocycles. The van der Waals surface area contributed by atoms with Crippen molar-refractivity contribution in [3.8, 4) is 0 Å². The minimum atomic E-state index is -1.29. The minimum absolute atomic E-state index is 0.134. The molecule has 0 rings (SSSR count). The third-order valence-corrected chi connectivity index (χ3v) is 1.92. The Morgan fingerprint density at radius 3 is 2.27 bits per heavy atom. The molecule has 0 heterocycles. The molecule has 6 heteroatoms. The Balaban J connectivity index is 4.36. The van der Waals surface area contributed by atoms with Gasteiger partial charge in [-0.1, -0.05) is 15.9 Å². The predicted molar refractivity (Wildman–Crippen MR) is 59.4 cm³/mol. The van der Waals surface area contributed by atoms with E-state index in [0.717, 1.165) is 0 Å². The molecule has 0 spiro atoms. The van der Waals surface area contributed by atoms with Crippen molar-refractivity contribution in [2.45, 2.75) is 32.8 Å². The molecule has 0 unspecified atom stereocenters. The molecule has 5 nitrogen and oxygen atoms in total. The molecule has 0 saturated carbocycles. The first-order valence-electron chi connectivity index (χ1n) is 4.57. The fraction of sp³-hybridized carbons (Fsp3) is 0.778. The Morgan fingerprint density at radius 2 is 1.93 bits per heavy atom. The number of imide groups is 1. The second kappa shape index (κ2) is 5.95. The van der Waals surface area contributed by atoms with Crippen molar-refractivity contribution in [1.29, 1.82) is 0 Å². The van der Waals surface area contributed by atoms with Crippen molar-refractivity contribution < 1.29 is 19.4 Å². The van der Waals surface area contributed by atoms with E-state index in [-0.39, 0.29) is 6.54 Å². The number of halogens is 1. The van der Waals surface area contributed by atoms with Gasteiger partial charge < -0.3 is 9.84 Å². The summed E-state index contributed by atoms with van der Waals surface area (Å²) in [5.41, 5.74) is -0.681. The molecule has 0 aliphatic heterocycles. The zero-order chi connectivity index (χ0) is 12.1. The topological polar surface area (TPSA) is 66.8 Å². The summed E-state index contributed by atoms with van der Waals surface area (Å²) in [6, 6.07) is 0. The number of alkyl halides is 1. The molecule has 0 bridgehead atoms. The van der Waals surface area contributed by atoms with Crippen molar-refractivity contribution in [2.24, 2.45) is 0 Å². The average Bonchev–Trinajstić information content (AvgIpc) is 2.00. The molecule has 15 heavy (non-hydrogen) atoms. The van der Waals surface area contributed by atoms with Gasteiger partial charge in [0, 0.05) is 11.9 Å². The molecule has 0 aliphatic rings. The van der Waals surface area contributed by atoms with E-state index < -0.39 is 17.8 Å². The lowest BCUT2D eigenvalue weighted by atomic mass is 10.2. The first-order valence-corrected chi connectivity index (χ1v) is 5.69. The van der Waals surface area contributed by atoms with E-state index in [1.165, 1.54) is 0 Å². The molecule has 0 fully saturated rings. The number of nitrogens with zero attached hydrogens (tertiary/aromatic N) is 1. The number of carboxylic acid groups (broad SMARTS) is 1. The van der Waals surface area contributed by atoms with Crippen LogP contribution in [0.1, 0.15) is 27.2 Å². The van der Waals surface area contributed by atoms with Gasteiger partial charge in [0.15, 0.2) is 0 Å². The molecule has 2 amide bonds. The summed E-state index contributed by atoms with van der Waals surface area (Å²) in [5.74, 6) is 0. The van der Waals surface area contributed by atoms with E-state index in [0.29, 0.717) is 16.7 Å². The summed E-state index contributed by atoms with van der Waals surface area (Å²) >= 11 is 3.17. The summed E-state index contributed by atoms with van der Waals surface area (Å²) in [6.45, 7) is 5.20. The van der Waals surface area contributed by atoms with Crippen LogP contribution in [0.2, 0.25) is 0 Å². The molecule has 88 valence electrons. The van der Waals surface area contributed by atoms with Gasteiger partial charge >= 0.3 is 12.2 Å². The Kier molecular flexibility index (Phi) is 5.64. The highest BCUT2D eigenvalue weighted by atomic mass is 79.9. The third kappa shape index (κ3) is 6.33. The highest BCUT2D eigenvalue weighted by molar-refractivity contribution is 9.09. The van der Waals surface area contributed by atoms with Crippen LogP contribution in [0.3, 0.4) is 0 Å². The SMILES string of the molecule is CC(C)(C)OC(=O)N(CCCBr)C(=O)O. The first-order chi connectivity index (χ1) is 6.78.